The molecular formula is C18H18N4O3S. The van der Waals surface area contributed by atoms with E-state index in [0.29, 0.717) is 12.1 Å². The second-order valence-corrected chi connectivity index (χ2v) is 8.27. The van der Waals surface area contributed by atoms with Crippen molar-refractivity contribution in [3.05, 3.63) is 59.3 Å². The molecule has 3 heterocycles. The SMILES string of the molecule is Cc1cc(C2=NN(S(C)(=O)=O)[C@@H](c3ccc4nccnc4c3)C2)c(C)o1. The molecular weight excluding hydrogens is 352 g/mol. The first-order valence-electron chi connectivity index (χ1n) is 8.18. The summed E-state index contributed by atoms with van der Waals surface area (Å²) in [4.78, 5) is 8.57. The lowest BCUT2D eigenvalue weighted by Gasteiger charge is -2.21. The standard InChI is InChI=1S/C18H18N4O3S/c1-11-8-14(12(2)25-11)16-10-18(22(21-16)26(3,23)24)13-4-5-15-17(9-13)20-7-6-19-15/h4-9,18H,10H2,1-3H3/t18-/m1/s1. The largest absolute Gasteiger partial charge is 0.466 e. The molecule has 1 aliphatic rings. The van der Waals surface area contributed by atoms with Gasteiger partial charge in [0.2, 0.25) is 10.0 Å². The predicted octanol–water partition coefficient (Wildman–Crippen LogP) is 2.95. The first kappa shape index (κ1) is 16.7. The smallest absolute Gasteiger partial charge is 0.247 e. The van der Waals surface area contributed by atoms with E-state index in [1.165, 1.54) is 10.7 Å². The normalized spacial score (nSPS) is 17.7. The molecule has 0 radical (unpaired) electrons. The molecule has 0 saturated heterocycles. The van der Waals surface area contributed by atoms with E-state index in [2.05, 4.69) is 15.1 Å². The number of hydrogen-bond donors (Lipinski definition) is 0. The highest BCUT2D eigenvalue weighted by atomic mass is 32.2. The zero-order valence-corrected chi connectivity index (χ0v) is 15.5. The van der Waals surface area contributed by atoms with Crippen LogP contribution in [0.3, 0.4) is 0 Å². The molecule has 0 bridgehead atoms. The van der Waals surface area contributed by atoms with Crippen LogP contribution >= 0.6 is 0 Å². The molecule has 0 amide bonds. The van der Waals surface area contributed by atoms with Gasteiger partial charge in [-0.15, -0.1) is 0 Å². The summed E-state index contributed by atoms with van der Waals surface area (Å²) in [5.74, 6) is 1.51. The number of furan rings is 1. The predicted molar refractivity (Wildman–Crippen MR) is 98.3 cm³/mol. The molecule has 0 fully saturated rings. The van der Waals surface area contributed by atoms with Crippen molar-refractivity contribution in [3.8, 4) is 0 Å². The van der Waals surface area contributed by atoms with Gasteiger partial charge in [0.1, 0.15) is 11.5 Å². The van der Waals surface area contributed by atoms with Gasteiger partial charge in [-0.2, -0.15) is 9.52 Å². The Morgan fingerprint density at radius 3 is 2.50 bits per heavy atom. The molecule has 1 atom stereocenters. The lowest BCUT2D eigenvalue weighted by molar-refractivity contribution is 0.375. The minimum Gasteiger partial charge on any atom is -0.466 e. The Morgan fingerprint density at radius 2 is 1.85 bits per heavy atom. The van der Waals surface area contributed by atoms with E-state index >= 15 is 0 Å². The van der Waals surface area contributed by atoms with Gasteiger partial charge in [0, 0.05) is 24.4 Å². The van der Waals surface area contributed by atoms with Crippen molar-refractivity contribution in [2.75, 3.05) is 6.26 Å². The maximum absolute atomic E-state index is 12.3. The van der Waals surface area contributed by atoms with Crippen molar-refractivity contribution in [1.82, 2.24) is 14.4 Å². The molecule has 0 N–H and O–H groups in total. The van der Waals surface area contributed by atoms with Crippen LogP contribution in [0, 0.1) is 13.8 Å². The summed E-state index contributed by atoms with van der Waals surface area (Å²) in [7, 11) is -3.52. The number of rotatable bonds is 3. The highest BCUT2D eigenvalue weighted by molar-refractivity contribution is 7.88. The number of sulfonamides is 1. The quantitative estimate of drug-likeness (QED) is 0.707. The van der Waals surface area contributed by atoms with Crippen molar-refractivity contribution in [1.29, 1.82) is 0 Å². The van der Waals surface area contributed by atoms with Crippen LogP contribution < -0.4 is 0 Å². The molecule has 7 nitrogen and oxygen atoms in total. The first-order chi connectivity index (χ1) is 12.3. The molecule has 3 aromatic rings. The van der Waals surface area contributed by atoms with Gasteiger partial charge in [0.05, 0.1) is 29.0 Å². The summed E-state index contributed by atoms with van der Waals surface area (Å²) in [5, 5.41) is 4.41. The van der Waals surface area contributed by atoms with Gasteiger partial charge >= 0.3 is 0 Å². The van der Waals surface area contributed by atoms with Crippen LogP contribution in [-0.4, -0.2) is 34.8 Å². The van der Waals surface area contributed by atoms with Crippen LogP contribution in [0.5, 0.6) is 0 Å². The van der Waals surface area contributed by atoms with E-state index < -0.39 is 16.1 Å². The van der Waals surface area contributed by atoms with Crippen LogP contribution in [-0.2, 0) is 10.0 Å². The fourth-order valence-electron chi connectivity index (χ4n) is 3.31. The van der Waals surface area contributed by atoms with Crippen molar-refractivity contribution >= 4 is 26.8 Å². The van der Waals surface area contributed by atoms with E-state index in [-0.39, 0.29) is 0 Å². The number of aromatic nitrogens is 2. The molecule has 2 aromatic heterocycles. The minimum atomic E-state index is -3.52. The summed E-state index contributed by atoms with van der Waals surface area (Å²) in [5.41, 5.74) is 3.87. The average Bonchev–Trinajstić information content (AvgIpc) is 3.17. The Balaban J connectivity index is 1.79. The highest BCUT2D eigenvalue weighted by Crippen LogP contribution is 2.36. The summed E-state index contributed by atoms with van der Waals surface area (Å²) < 4.78 is 31.4. The van der Waals surface area contributed by atoms with E-state index in [9.17, 15) is 8.42 Å². The third kappa shape index (κ3) is 2.86. The van der Waals surface area contributed by atoms with Crippen molar-refractivity contribution in [2.45, 2.75) is 26.3 Å². The molecule has 0 unspecified atom stereocenters. The molecule has 4 rings (SSSR count). The van der Waals surface area contributed by atoms with E-state index in [1.807, 2.05) is 38.1 Å². The second-order valence-electron chi connectivity index (χ2n) is 6.43. The lowest BCUT2D eigenvalue weighted by Crippen LogP contribution is -2.25. The van der Waals surface area contributed by atoms with E-state index in [0.717, 1.165) is 33.7 Å². The topological polar surface area (TPSA) is 88.7 Å². The van der Waals surface area contributed by atoms with Crippen molar-refractivity contribution in [3.63, 3.8) is 0 Å². The van der Waals surface area contributed by atoms with Crippen molar-refractivity contribution in [2.24, 2.45) is 5.10 Å². The van der Waals surface area contributed by atoms with Gasteiger partial charge in [-0.05, 0) is 37.6 Å². The molecule has 134 valence electrons. The van der Waals surface area contributed by atoms with E-state index in [1.54, 1.807) is 12.4 Å². The number of nitrogens with zero attached hydrogens (tertiary/aromatic N) is 4. The van der Waals surface area contributed by atoms with E-state index in [4.69, 9.17) is 4.42 Å². The molecule has 1 aromatic carbocycles. The minimum absolute atomic E-state index is 0.416. The number of aryl methyl sites for hydroxylation is 2. The average molecular weight is 370 g/mol. The fourth-order valence-corrected chi connectivity index (χ4v) is 4.22. The van der Waals surface area contributed by atoms with Gasteiger partial charge in [-0.1, -0.05) is 6.07 Å². The number of hydrogen-bond acceptors (Lipinski definition) is 6. The van der Waals surface area contributed by atoms with Crippen molar-refractivity contribution < 1.29 is 12.8 Å². The van der Waals surface area contributed by atoms with Gasteiger partial charge < -0.3 is 4.42 Å². The zero-order chi connectivity index (χ0) is 18.5. The second kappa shape index (κ2) is 5.91. The number of hydrazone groups is 1. The first-order valence-corrected chi connectivity index (χ1v) is 10.0. The molecule has 8 heteroatoms. The molecule has 1 aliphatic heterocycles. The summed E-state index contributed by atoms with van der Waals surface area (Å²) in [6.45, 7) is 3.72. The number of benzene rings is 1. The van der Waals surface area contributed by atoms with Gasteiger partial charge in [0.25, 0.3) is 0 Å². The third-order valence-electron chi connectivity index (χ3n) is 4.44. The van der Waals surface area contributed by atoms with Crippen LogP contribution in [0.1, 0.15) is 35.1 Å². The van der Waals surface area contributed by atoms with Crippen LogP contribution in [0.2, 0.25) is 0 Å². The lowest BCUT2D eigenvalue weighted by atomic mass is 9.99. The number of fused-ring (bicyclic) bond motifs is 1. The van der Waals surface area contributed by atoms with Crippen LogP contribution in [0.4, 0.5) is 0 Å². The fraction of sp³-hybridized carbons (Fsp3) is 0.278. The maximum Gasteiger partial charge on any atom is 0.247 e. The van der Waals surface area contributed by atoms with Crippen LogP contribution in [0.15, 0.2) is 46.2 Å². The molecule has 26 heavy (non-hydrogen) atoms. The molecule has 0 saturated carbocycles. The Bertz CT molecular complexity index is 1130. The Kier molecular flexibility index (Phi) is 3.80. The van der Waals surface area contributed by atoms with Crippen LogP contribution in [0.25, 0.3) is 11.0 Å². The Morgan fingerprint density at radius 1 is 1.12 bits per heavy atom. The van der Waals surface area contributed by atoms with Gasteiger partial charge in [-0.3, -0.25) is 9.97 Å². The maximum atomic E-state index is 12.3. The molecule has 0 spiro atoms. The third-order valence-corrected chi connectivity index (χ3v) is 5.46. The Hall–Kier alpha value is -2.74. The monoisotopic (exact) mass is 370 g/mol. The zero-order valence-electron chi connectivity index (χ0n) is 14.7. The summed E-state index contributed by atoms with van der Waals surface area (Å²) in [6, 6.07) is 7.08. The highest BCUT2D eigenvalue weighted by Gasteiger charge is 2.35. The molecule has 0 aliphatic carbocycles. The van der Waals surface area contributed by atoms with Gasteiger partial charge in [-0.25, -0.2) is 8.42 Å². The summed E-state index contributed by atoms with van der Waals surface area (Å²) >= 11 is 0. The Labute approximate surface area is 151 Å². The van der Waals surface area contributed by atoms with Gasteiger partial charge in [0.15, 0.2) is 0 Å². The summed E-state index contributed by atoms with van der Waals surface area (Å²) in [6.07, 6.45) is 4.89.